The molecule has 0 aliphatic carbocycles. The number of benzene rings is 2. The molecule has 4 atom stereocenters. The van der Waals surface area contributed by atoms with Gasteiger partial charge in [-0.15, -0.1) is 22.7 Å². The number of amides is 3. The van der Waals surface area contributed by atoms with Crippen molar-refractivity contribution in [3.05, 3.63) is 81.4 Å². The van der Waals surface area contributed by atoms with Crippen molar-refractivity contribution in [2.45, 2.75) is 124 Å². The quantitative estimate of drug-likeness (QED) is 0.0557. The van der Waals surface area contributed by atoms with E-state index in [0.29, 0.717) is 36.8 Å². The number of ether oxygens (including phenoxy) is 2. The molecule has 13 nitrogen and oxygen atoms in total. The molecule has 2 aromatic carbocycles. The SMILES string of the molecule is COc1cc2c(N[C@@H](C)c3cccs3)nc(C)nc2cc1OCCCCCCCCC(=O)N[C@H](C(=O)N1C[C@H](O)C[C@H]1C(=O)NCc1ccc(-c2scnc2C)cc1)C(C)(C)C. The van der Waals surface area contributed by atoms with Gasteiger partial charge in [-0.2, -0.15) is 0 Å². The molecule has 6 rings (SSSR count). The summed E-state index contributed by atoms with van der Waals surface area (Å²) in [7, 11) is 1.63. The largest absolute Gasteiger partial charge is 0.493 e. The van der Waals surface area contributed by atoms with Crippen molar-refractivity contribution in [2.75, 3.05) is 25.6 Å². The number of thiazole rings is 1. The van der Waals surface area contributed by atoms with E-state index in [1.165, 1.54) is 9.78 Å². The number of nitrogens with one attached hydrogen (secondary N) is 3. The summed E-state index contributed by atoms with van der Waals surface area (Å²) in [4.78, 5) is 58.1. The first-order chi connectivity index (χ1) is 29.7. The molecule has 1 fully saturated rings. The average molecular weight is 884 g/mol. The number of hydrogen-bond acceptors (Lipinski definition) is 12. The Balaban J connectivity index is 0.914. The molecule has 1 saturated heterocycles. The van der Waals surface area contributed by atoms with Crippen LogP contribution in [-0.4, -0.2) is 81.1 Å². The summed E-state index contributed by atoms with van der Waals surface area (Å²) in [6, 6.07) is 14.4. The highest BCUT2D eigenvalue weighted by Crippen LogP contribution is 2.36. The number of anilines is 1. The molecular formula is C47H61N7O6S2. The highest BCUT2D eigenvalue weighted by molar-refractivity contribution is 7.13. The van der Waals surface area contributed by atoms with E-state index < -0.39 is 23.6 Å². The number of likely N-dealkylation sites (tertiary alicyclic amines) is 1. The minimum absolute atomic E-state index is 0.0340. The molecule has 0 spiro atoms. The lowest BCUT2D eigenvalue weighted by Gasteiger charge is -2.35. The highest BCUT2D eigenvalue weighted by atomic mass is 32.1. The first-order valence-electron chi connectivity index (χ1n) is 21.6. The summed E-state index contributed by atoms with van der Waals surface area (Å²) in [6.07, 6.45) is 5.02. The Bertz CT molecular complexity index is 2270. The lowest BCUT2D eigenvalue weighted by molar-refractivity contribution is -0.144. The van der Waals surface area contributed by atoms with Crippen molar-refractivity contribution < 1.29 is 29.0 Å². The van der Waals surface area contributed by atoms with E-state index in [2.05, 4.69) is 49.3 Å². The molecule has 0 saturated carbocycles. The minimum atomic E-state index is -0.852. The summed E-state index contributed by atoms with van der Waals surface area (Å²) in [5.41, 5.74) is 4.96. The maximum absolute atomic E-state index is 14.0. The number of carbonyl (C=O) groups excluding carboxylic acids is 3. The van der Waals surface area contributed by atoms with Crippen LogP contribution >= 0.6 is 22.7 Å². The number of thiophene rings is 1. The summed E-state index contributed by atoms with van der Waals surface area (Å²) in [5, 5.41) is 23.0. The molecule has 1 aliphatic rings. The molecule has 1 aliphatic heterocycles. The van der Waals surface area contributed by atoms with Crippen LogP contribution in [0.25, 0.3) is 21.3 Å². The Labute approximate surface area is 373 Å². The molecule has 4 N–H and O–H groups in total. The Kier molecular flexibility index (Phi) is 15.9. The van der Waals surface area contributed by atoms with Crippen LogP contribution in [0.1, 0.15) is 107 Å². The predicted octanol–water partition coefficient (Wildman–Crippen LogP) is 8.53. The second kappa shape index (κ2) is 21.3. The number of aliphatic hydroxyl groups is 1. The third-order valence-corrected chi connectivity index (χ3v) is 13.2. The number of carbonyl (C=O) groups is 3. The van der Waals surface area contributed by atoms with Crippen molar-refractivity contribution >= 4 is 57.1 Å². The van der Waals surface area contributed by atoms with Crippen molar-refractivity contribution in [1.82, 2.24) is 30.5 Å². The molecule has 0 bridgehead atoms. The van der Waals surface area contributed by atoms with Crippen molar-refractivity contribution in [3.8, 4) is 21.9 Å². The van der Waals surface area contributed by atoms with Crippen LogP contribution < -0.4 is 25.4 Å². The van der Waals surface area contributed by atoms with E-state index in [4.69, 9.17) is 9.47 Å². The second-order valence-corrected chi connectivity index (χ2v) is 19.0. The number of β-amino-alcohol motifs (C(OH)–C–C–N with tert-alkyl or cyclic N) is 1. The van der Waals surface area contributed by atoms with Gasteiger partial charge in [0.15, 0.2) is 11.5 Å². The highest BCUT2D eigenvalue weighted by Gasteiger charge is 2.44. The molecule has 3 aromatic heterocycles. The van der Waals surface area contributed by atoms with Crippen molar-refractivity contribution in [3.63, 3.8) is 0 Å². The Morgan fingerprint density at radius 2 is 1.71 bits per heavy atom. The summed E-state index contributed by atoms with van der Waals surface area (Å²) < 4.78 is 11.9. The van der Waals surface area contributed by atoms with Crippen molar-refractivity contribution in [1.29, 1.82) is 0 Å². The molecular weight excluding hydrogens is 823 g/mol. The van der Waals surface area contributed by atoms with E-state index in [9.17, 15) is 19.5 Å². The molecule has 5 aromatic rings. The van der Waals surface area contributed by atoms with Crippen LogP contribution in [0.5, 0.6) is 11.5 Å². The number of aliphatic hydroxyl groups excluding tert-OH is 1. The number of hydrogen-bond donors (Lipinski definition) is 4. The number of methoxy groups -OCH3 is 1. The van der Waals surface area contributed by atoms with Gasteiger partial charge < -0.3 is 35.4 Å². The summed E-state index contributed by atoms with van der Waals surface area (Å²) in [6.45, 7) is 12.5. The summed E-state index contributed by atoms with van der Waals surface area (Å²) >= 11 is 3.29. The van der Waals surface area contributed by atoms with Gasteiger partial charge in [0.25, 0.3) is 0 Å². The Morgan fingerprint density at radius 1 is 0.968 bits per heavy atom. The van der Waals surface area contributed by atoms with Crippen LogP contribution in [0.15, 0.2) is 59.4 Å². The maximum atomic E-state index is 14.0. The zero-order chi connectivity index (χ0) is 44.4. The van der Waals surface area contributed by atoms with Crippen LogP contribution in [-0.2, 0) is 20.9 Å². The van der Waals surface area contributed by atoms with Gasteiger partial charge in [0.1, 0.15) is 23.7 Å². The molecule has 0 radical (unpaired) electrons. The van der Waals surface area contributed by atoms with E-state index in [-0.39, 0.29) is 43.3 Å². The number of aryl methyl sites for hydroxylation is 2. The molecule has 15 heteroatoms. The fourth-order valence-electron chi connectivity index (χ4n) is 7.74. The van der Waals surface area contributed by atoms with E-state index in [1.54, 1.807) is 29.8 Å². The predicted molar refractivity (Wildman–Crippen MR) is 247 cm³/mol. The standard InChI is InChI=1S/C47H61N7O6S2/c1-29(40-15-14-22-61-40)50-44-35-24-38(59-7)39(25-36(35)51-31(3)52-44)60-21-13-11-9-8-10-12-16-41(56)53-43(47(4,5)6)46(58)54-27-34(55)23-37(54)45(57)48-26-32-17-19-33(20-18-32)42-30(2)49-28-62-42/h14-15,17-20,22,24-25,28-29,34,37,43,55H,8-13,16,21,23,26-27H2,1-7H3,(H,48,57)(H,53,56)(H,50,51,52)/t29-,34+,37-,43+/m0/s1. The number of unbranched alkanes of at least 4 members (excludes halogenated alkanes) is 5. The molecule has 332 valence electrons. The van der Waals surface area contributed by atoms with Gasteiger partial charge in [0, 0.05) is 42.3 Å². The van der Waals surface area contributed by atoms with Gasteiger partial charge in [-0.3, -0.25) is 14.4 Å². The Morgan fingerprint density at radius 3 is 2.39 bits per heavy atom. The van der Waals surface area contributed by atoms with Crippen LogP contribution in [0, 0.1) is 19.3 Å². The van der Waals surface area contributed by atoms with Gasteiger partial charge in [-0.05, 0) is 67.7 Å². The van der Waals surface area contributed by atoms with Gasteiger partial charge in [-0.25, -0.2) is 15.0 Å². The first-order valence-corrected chi connectivity index (χ1v) is 23.3. The van der Waals surface area contributed by atoms with Gasteiger partial charge in [-0.1, -0.05) is 76.8 Å². The van der Waals surface area contributed by atoms with Gasteiger partial charge in [0.2, 0.25) is 17.7 Å². The fraction of sp³-hybridized carbons (Fsp3) is 0.489. The summed E-state index contributed by atoms with van der Waals surface area (Å²) in [5.74, 6) is 1.81. The van der Waals surface area contributed by atoms with Crippen LogP contribution in [0.2, 0.25) is 0 Å². The van der Waals surface area contributed by atoms with E-state index in [1.807, 2.05) is 82.6 Å². The number of nitrogens with zero attached hydrogens (tertiary/aromatic N) is 4. The molecule has 0 unspecified atom stereocenters. The smallest absolute Gasteiger partial charge is 0.246 e. The Hall–Kier alpha value is -5.12. The number of rotatable bonds is 20. The molecule has 3 amide bonds. The zero-order valence-electron chi connectivity index (χ0n) is 37.0. The third kappa shape index (κ3) is 12.1. The maximum Gasteiger partial charge on any atom is 0.246 e. The monoisotopic (exact) mass is 883 g/mol. The van der Waals surface area contributed by atoms with Gasteiger partial charge in [0.05, 0.1) is 47.5 Å². The molecule has 62 heavy (non-hydrogen) atoms. The number of aromatic nitrogens is 3. The third-order valence-electron chi connectivity index (χ3n) is 11.2. The molecule has 4 heterocycles. The van der Waals surface area contributed by atoms with E-state index in [0.717, 1.165) is 70.5 Å². The van der Waals surface area contributed by atoms with Gasteiger partial charge >= 0.3 is 0 Å². The van der Waals surface area contributed by atoms with E-state index >= 15 is 0 Å². The second-order valence-electron chi connectivity index (χ2n) is 17.2. The lowest BCUT2D eigenvalue weighted by atomic mass is 9.85. The zero-order valence-corrected chi connectivity index (χ0v) is 38.6. The fourth-order valence-corrected chi connectivity index (χ4v) is 9.29. The topological polar surface area (TPSA) is 168 Å². The first kappa shape index (κ1) is 46.4. The average Bonchev–Trinajstić information content (AvgIpc) is 4.02. The van der Waals surface area contributed by atoms with Crippen molar-refractivity contribution in [2.24, 2.45) is 5.41 Å². The minimum Gasteiger partial charge on any atom is -0.493 e. The normalized spacial score (nSPS) is 16.2. The van der Waals surface area contributed by atoms with Crippen LogP contribution in [0.4, 0.5) is 5.82 Å². The lowest BCUT2D eigenvalue weighted by Crippen LogP contribution is -2.57. The van der Waals surface area contributed by atoms with Crippen LogP contribution in [0.3, 0.4) is 0 Å². The number of fused-ring (bicyclic) bond motifs is 1.